The van der Waals surface area contributed by atoms with Crippen LogP contribution in [-0.2, 0) is 13.6 Å². The van der Waals surface area contributed by atoms with E-state index < -0.39 is 18.3 Å². The van der Waals surface area contributed by atoms with E-state index >= 15 is 0 Å². The average molecular weight is 443 g/mol. The zero-order chi connectivity index (χ0) is 23.2. The molecule has 1 N–H and O–H groups in total. The number of aromatic nitrogens is 3. The summed E-state index contributed by atoms with van der Waals surface area (Å²) in [6.07, 6.45) is -0.358. The molecule has 4 rings (SSSR count). The first-order valence-electron chi connectivity index (χ1n) is 9.78. The fourth-order valence-corrected chi connectivity index (χ4v) is 3.73. The Morgan fingerprint density at radius 3 is 2.31 bits per heavy atom. The van der Waals surface area contributed by atoms with Gasteiger partial charge in [-0.3, -0.25) is 9.59 Å². The molecule has 6 nitrogen and oxygen atoms in total. The maximum absolute atomic E-state index is 13.2. The first-order chi connectivity index (χ1) is 15.1. The summed E-state index contributed by atoms with van der Waals surface area (Å²) in [7, 11) is 1.56. The van der Waals surface area contributed by atoms with Crippen LogP contribution in [0.25, 0.3) is 22.0 Å². The number of hydrogen-bond acceptors (Lipinski definition) is 3. The first-order valence-corrected chi connectivity index (χ1v) is 9.78. The maximum atomic E-state index is 13.2. The molecule has 0 saturated carbocycles. The summed E-state index contributed by atoms with van der Waals surface area (Å²) in [6, 6.07) is 8.48. The van der Waals surface area contributed by atoms with Crippen molar-refractivity contribution in [3.63, 3.8) is 0 Å². The van der Waals surface area contributed by atoms with Gasteiger partial charge in [0.15, 0.2) is 0 Å². The average Bonchev–Trinajstić information content (AvgIpc) is 3.20. The van der Waals surface area contributed by atoms with Crippen LogP contribution >= 0.6 is 0 Å². The van der Waals surface area contributed by atoms with E-state index in [1.807, 2.05) is 6.07 Å². The Bertz CT molecular complexity index is 1420. The van der Waals surface area contributed by atoms with Gasteiger partial charge in [-0.15, -0.1) is 0 Å². The number of H-pyrrole nitrogens is 1. The van der Waals surface area contributed by atoms with Gasteiger partial charge in [0, 0.05) is 42.2 Å². The molecule has 0 amide bonds. The summed E-state index contributed by atoms with van der Waals surface area (Å²) in [4.78, 5) is 28.5. The molecule has 0 aliphatic heterocycles. The molecular formula is C23H20F3N3O3. The van der Waals surface area contributed by atoms with Crippen LogP contribution in [0.15, 0.2) is 58.5 Å². The highest BCUT2D eigenvalue weighted by atomic mass is 19.4. The van der Waals surface area contributed by atoms with Crippen LogP contribution in [0.1, 0.15) is 11.1 Å². The van der Waals surface area contributed by atoms with E-state index in [-0.39, 0.29) is 16.9 Å². The minimum absolute atomic E-state index is 0.240. The highest BCUT2D eigenvalue weighted by Crippen LogP contribution is 2.36. The van der Waals surface area contributed by atoms with Gasteiger partial charge in [0.1, 0.15) is 17.8 Å². The van der Waals surface area contributed by atoms with Crippen LogP contribution < -0.4 is 15.9 Å². The molecule has 0 aliphatic rings. The quantitative estimate of drug-likeness (QED) is 0.499. The molecule has 9 heteroatoms. The molecule has 32 heavy (non-hydrogen) atoms. The summed E-state index contributed by atoms with van der Waals surface area (Å²) < 4.78 is 47.1. The van der Waals surface area contributed by atoms with Crippen molar-refractivity contribution in [3.8, 4) is 22.6 Å². The van der Waals surface area contributed by atoms with Gasteiger partial charge in [-0.05, 0) is 37.1 Å². The normalized spacial score (nSPS) is 11.8. The third-order valence-corrected chi connectivity index (χ3v) is 5.27. The van der Waals surface area contributed by atoms with Gasteiger partial charge in [-0.25, -0.2) is 0 Å². The summed E-state index contributed by atoms with van der Waals surface area (Å²) in [5.41, 5.74) is 1.37. The van der Waals surface area contributed by atoms with Crippen molar-refractivity contribution in [1.82, 2.24) is 14.1 Å². The Morgan fingerprint density at radius 1 is 0.969 bits per heavy atom. The van der Waals surface area contributed by atoms with Crippen LogP contribution in [-0.4, -0.2) is 20.3 Å². The summed E-state index contributed by atoms with van der Waals surface area (Å²) >= 11 is 0. The number of aryl methyl sites for hydroxylation is 3. The zero-order valence-electron chi connectivity index (χ0n) is 17.6. The molecule has 3 aromatic heterocycles. The topological polar surface area (TPSA) is 69.0 Å². The lowest BCUT2D eigenvalue weighted by atomic mass is 10.0. The zero-order valence-corrected chi connectivity index (χ0v) is 17.6. The lowest BCUT2D eigenvalue weighted by molar-refractivity contribution is -0.141. The Morgan fingerprint density at radius 2 is 1.66 bits per heavy atom. The van der Waals surface area contributed by atoms with Crippen molar-refractivity contribution in [2.75, 3.05) is 0 Å². The number of halogens is 3. The number of aromatic amines is 1. The van der Waals surface area contributed by atoms with E-state index in [4.69, 9.17) is 4.74 Å². The second kappa shape index (κ2) is 7.74. The lowest BCUT2D eigenvalue weighted by Crippen LogP contribution is -2.28. The standard InChI is InChI=1S/C23H20F3N3O3/c1-13-5-4-6-14(2)19(13)32-20-16(8-10-29(22(20)31)12-23(24,25)26)17-11-28(3)21(30)18-15(17)7-9-27-18/h4-11,27H,12H2,1-3H3. The molecule has 3 heterocycles. The molecule has 0 atom stereocenters. The van der Waals surface area contributed by atoms with Gasteiger partial charge in [-0.1, -0.05) is 18.2 Å². The molecule has 1 aromatic carbocycles. The minimum Gasteiger partial charge on any atom is -0.450 e. The van der Waals surface area contributed by atoms with Crippen LogP contribution in [0.4, 0.5) is 13.2 Å². The molecule has 0 saturated heterocycles. The van der Waals surface area contributed by atoms with Crippen LogP contribution in [0, 0.1) is 13.8 Å². The lowest BCUT2D eigenvalue weighted by Gasteiger charge is -2.18. The Kier molecular flexibility index (Phi) is 5.20. The molecule has 4 aromatic rings. The van der Waals surface area contributed by atoms with Crippen molar-refractivity contribution >= 4 is 10.9 Å². The first kappa shape index (κ1) is 21.5. The van der Waals surface area contributed by atoms with E-state index in [2.05, 4.69) is 4.98 Å². The van der Waals surface area contributed by atoms with E-state index in [0.717, 1.165) is 17.3 Å². The number of alkyl halides is 3. The number of nitrogens with one attached hydrogen (secondary N) is 1. The highest BCUT2D eigenvalue weighted by Gasteiger charge is 2.30. The number of hydrogen-bond donors (Lipinski definition) is 1. The minimum atomic E-state index is -4.58. The SMILES string of the molecule is Cc1cccc(C)c1Oc1c(-c2cn(C)c(=O)c3[nH]ccc23)ccn(CC(F)(F)F)c1=O. The van der Waals surface area contributed by atoms with Crippen molar-refractivity contribution in [2.24, 2.45) is 7.05 Å². The number of pyridine rings is 2. The number of ether oxygens (including phenoxy) is 1. The Balaban J connectivity index is 2.01. The molecule has 0 radical (unpaired) electrons. The highest BCUT2D eigenvalue weighted by molar-refractivity contribution is 5.95. The van der Waals surface area contributed by atoms with Gasteiger partial charge in [0.2, 0.25) is 5.75 Å². The Labute approximate surface area is 180 Å². The number of benzene rings is 1. The largest absolute Gasteiger partial charge is 0.450 e. The van der Waals surface area contributed by atoms with Crippen molar-refractivity contribution in [1.29, 1.82) is 0 Å². The van der Waals surface area contributed by atoms with E-state index in [9.17, 15) is 22.8 Å². The summed E-state index contributed by atoms with van der Waals surface area (Å²) in [5.74, 6) is 0.154. The fourth-order valence-electron chi connectivity index (χ4n) is 3.73. The van der Waals surface area contributed by atoms with Crippen molar-refractivity contribution < 1.29 is 17.9 Å². The van der Waals surface area contributed by atoms with E-state index in [0.29, 0.717) is 26.8 Å². The second-order valence-electron chi connectivity index (χ2n) is 7.65. The molecule has 0 bridgehead atoms. The van der Waals surface area contributed by atoms with Crippen LogP contribution in [0.2, 0.25) is 0 Å². The van der Waals surface area contributed by atoms with Gasteiger partial charge >= 0.3 is 6.18 Å². The number of para-hydroxylation sites is 1. The van der Waals surface area contributed by atoms with Crippen molar-refractivity contribution in [3.05, 3.63) is 80.8 Å². The predicted molar refractivity (Wildman–Crippen MR) is 115 cm³/mol. The van der Waals surface area contributed by atoms with E-state index in [1.54, 1.807) is 51.5 Å². The Hall–Kier alpha value is -3.75. The monoisotopic (exact) mass is 443 g/mol. The van der Waals surface area contributed by atoms with E-state index in [1.165, 1.54) is 10.6 Å². The number of rotatable bonds is 4. The smallest absolute Gasteiger partial charge is 0.406 e. The predicted octanol–water partition coefficient (Wildman–Crippen LogP) is 4.67. The molecule has 166 valence electrons. The molecule has 0 aliphatic carbocycles. The second-order valence-corrected chi connectivity index (χ2v) is 7.65. The van der Waals surface area contributed by atoms with Gasteiger partial charge in [0.05, 0.1) is 0 Å². The fraction of sp³-hybridized carbons (Fsp3) is 0.217. The maximum Gasteiger partial charge on any atom is 0.406 e. The molecule has 0 fully saturated rings. The molecule has 0 spiro atoms. The van der Waals surface area contributed by atoms with Gasteiger partial charge in [0.25, 0.3) is 11.1 Å². The third kappa shape index (κ3) is 3.81. The molecule has 0 unspecified atom stereocenters. The third-order valence-electron chi connectivity index (χ3n) is 5.27. The summed E-state index contributed by atoms with van der Waals surface area (Å²) in [5, 5.41) is 0.535. The van der Waals surface area contributed by atoms with Gasteiger partial charge in [-0.2, -0.15) is 13.2 Å². The summed E-state index contributed by atoms with van der Waals surface area (Å²) in [6.45, 7) is 2.13. The van der Waals surface area contributed by atoms with Crippen LogP contribution in [0.5, 0.6) is 11.5 Å². The number of nitrogens with zero attached hydrogens (tertiary/aromatic N) is 2. The van der Waals surface area contributed by atoms with Crippen molar-refractivity contribution in [2.45, 2.75) is 26.6 Å². The van der Waals surface area contributed by atoms with Gasteiger partial charge < -0.3 is 18.9 Å². The molecular weight excluding hydrogens is 423 g/mol. The van der Waals surface area contributed by atoms with Crippen LogP contribution in [0.3, 0.4) is 0 Å². The number of fused-ring (bicyclic) bond motifs is 1.